The Hall–Kier alpha value is -0.770. The fourth-order valence-electron chi connectivity index (χ4n) is 3.03. The fraction of sp³-hybridized carbons (Fsp3) is 0.500. The number of likely N-dealkylation sites (tertiary alicyclic amines) is 1. The molecule has 0 bridgehead atoms. The Morgan fingerprint density at radius 3 is 2.58 bits per heavy atom. The van der Waals surface area contributed by atoms with Gasteiger partial charge in [-0.15, -0.1) is 12.4 Å². The van der Waals surface area contributed by atoms with Gasteiger partial charge in [0.1, 0.15) is 0 Å². The molecule has 0 saturated carbocycles. The van der Waals surface area contributed by atoms with Crippen LogP contribution in [-0.2, 0) is 0 Å². The van der Waals surface area contributed by atoms with E-state index < -0.39 is 0 Å². The number of carbonyl (C=O) groups is 1. The number of rotatable bonds is 1. The van der Waals surface area contributed by atoms with Gasteiger partial charge >= 0.3 is 0 Å². The largest absolute Gasteiger partial charge is 0.338 e. The molecule has 5 heteroatoms. The first-order chi connectivity index (χ1) is 8.66. The fourth-order valence-corrected chi connectivity index (χ4v) is 3.21. The molecule has 104 valence electrons. The summed E-state index contributed by atoms with van der Waals surface area (Å²) in [6, 6.07) is 5.55. The van der Waals surface area contributed by atoms with Gasteiger partial charge in [0.25, 0.3) is 5.91 Å². The van der Waals surface area contributed by atoms with Crippen LogP contribution in [0.25, 0.3) is 0 Å². The highest BCUT2D eigenvalue weighted by atomic mass is 35.5. The summed E-state index contributed by atoms with van der Waals surface area (Å²) in [4.78, 5) is 14.5. The molecule has 0 unspecified atom stereocenters. The van der Waals surface area contributed by atoms with Gasteiger partial charge in [0.15, 0.2) is 0 Å². The van der Waals surface area contributed by atoms with Crippen molar-refractivity contribution < 1.29 is 4.79 Å². The highest BCUT2D eigenvalue weighted by Gasteiger charge is 2.38. The van der Waals surface area contributed by atoms with Gasteiger partial charge in [-0.2, -0.15) is 0 Å². The number of amides is 1. The van der Waals surface area contributed by atoms with E-state index in [-0.39, 0.29) is 18.3 Å². The monoisotopic (exact) mass is 300 g/mol. The Morgan fingerprint density at radius 2 is 1.95 bits per heavy atom. The molecule has 1 N–H and O–H groups in total. The van der Waals surface area contributed by atoms with Gasteiger partial charge in [0.05, 0.1) is 0 Å². The minimum Gasteiger partial charge on any atom is -0.338 e. The van der Waals surface area contributed by atoms with E-state index in [4.69, 9.17) is 11.6 Å². The van der Waals surface area contributed by atoms with Crippen molar-refractivity contribution in [2.45, 2.75) is 6.92 Å². The molecule has 0 aromatic heterocycles. The molecule has 0 aliphatic carbocycles. The van der Waals surface area contributed by atoms with Crippen LogP contribution in [0.15, 0.2) is 18.2 Å². The van der Waals surface area contributed by atoms with Crippen LogP contribution in [0, 0.1) is 18.8 Å². The van der Waals surface area contributed by atoms with Crippen molar-refractivity contribution in [2.24, 2.45) is 11.8 Å². The minimum absolute atomic E-state index is 0. The molecule has 0 spiro atoms. The van der Waals surface area contributed by atoms with Crippen LogP contribution in [0.5, 0.6) is 0 Å². The second-order valence-electron chi connectivity index (χ2n) is 5.30. The van der Waals surface area contributed by atoms with Crippen LogP contribution in [0.2, 0.25) is 5.02 Å². The number of carbonyl (C=O) groups excluding carboxylic acids is 1. The molecule has 0 radical (unpaired) electrons. The lowest BCUT2D eigenvalue weighted by atomic mass is 10.0. The Bertz CT molecular complexity index is 480. The molecule has 2 aliphatic rings. The lowest BCUT2D eigenvalue weighted by molar-refractivity contribution is 0.0781. The standard InChI is InChI=1S/C14H17ClN2O.ClH/c1-9-12(3-2-4-13(9)15)14(18)17-7-10-5-16-6-11(10)8-17;/h2-4,10-11,16H,5-8H2,1H3;1H/t10-,11+;. The summed E-state index contributed by atoms with van der Waals surface area (Å²) < 4.78 is 0. The van der Waals surface area contributed by atoms with Gasteiger partial charge in [-0.05, 0) is 36.5 Å². The normalized spacial score (nSPS) is 25.1. The Kier molecular flexibility index (Phi) is 4.39. The maximum absolute atomic E-state index is 12.5. The van der Waals surface area contributed by atoms with Crippen LogP contribution in [0.3, 0.4) is 0 Å². The summed E-state index contributed by atoms with van der Waals surface area (Å²) >= 11 is 6.08. The van der Waals surface area contributed by atoms with Crippen molar-refractivity contribution >= 4 is 29.9 Å². The van der Waals surface area contributed by atoms with E-state index in [1.54, 1.807) is 0 Å². The highest BCUT2D eigenvalue weighted by Crippen LogP contribution is 2.28. The zero-order chi connectivity index (χ0) is 12.7. The quantitative estimate of drug-likeness (QED) is 0.863. The van der Waals surface area contributed by atoms with E-state index in [0.717, 1.165) is 37.3 Å². The van der Waals surface area contributed by atoms with E-state index >= 15 is 0 Å². The summed E-state index contributed by atoms with van der Waals surface area (Å²) in [7, 11) is 0. The summed E-state index contributed by atoms with van der Waals surface area (Å²) in [5, 5.41) is 4.05. The third-order valence-electron chi connectivity index (χ3n) is 4.17. The molecule has 1 amide bonds. The topological polar surface area (TPSA) is 32.3 Å². The van der Waals surface area contributed by atoms with Gasteiger partial charge in [0.2, 0.25) is 0 Å². The molecule has 3 rings (SSSR count). The molecule has 2 fully saturated rings. The summed E-state index contributed by atoms with van der Waals surface area (Å²) in [6.45, 7) is 5.75. The molecule has 3 nitrogen and oxygen atoms in total. The van der Waals surface area contributed by atoms with E-state index in [1.165, 1.54) is 0 Å². The van der Waals surface area contributed by atoms with Crippen LogP contribution >= 0.6 is 24.0 Å². The van der Waals surface area contributed by atoms with Crippen molar-refractivity contribution in [3.63, 3.8) is 0 Å². The van der Waals surface area contributed by atoms with Gasteiger partial charge < -0.3 is 10.2 Å². The lowest BCUT2D eigenvalue weighted by Gasteiger charge is -2.19. The maximum Gasteiger partial charge on any atom is 0.254 e. The molecule has 1 aromatic rings. The summed E-state index contributed by atoms with van der Waals surface area (Å²) in [6.07, 6.45) is 0. The lowest BCUT2D eigenvalue weighted by Crippen LogP contribution is -2.32. The van der Waals surface area contributed by atoms with Crippen LogP contribution in [0.1, 0.15) is 15.9 Å². The van der Waals surface area contributed by atoms with Crippen LogP contribution in [-0.4, -0.2) is 37.0 Å². The van der Waals surface area contributed by atoms with Gasteiger partial charge in [-0.25, -0.2) is 0 Å². The van der Waals surface area contributed by atoms with Crippen molar-refractivity contribution in [1.29, 1.82) is 0 Å². The molecular formula is C14H18Cl2N2O. The van der Waals surface area contributed by atoms with E-state index in [2.05, 4.69) is 5.32 Å². The third-order valence-corrected chi connectivity index (χ3v) is 4.58. The number of halogens is 2. The van der Waals surface area contributed by atoms with Gasteiger partial charge in [-0.3, -0.25) is 4.79 Å². The van der Waals surface area contributed by atoms with E-state index in [1.807, 2.05) is 30.0 Å². The molecule has 2 aliphatic heterocycles. The van der Waals surface area contributed by atoms with Gasteiger partial charge in [-0.1, -0.05) is 17.7 Å². The summed E-state index contributed by atoms with van der Waals surface area (Å²) in [5.74, 6) is 1.39. The van der Waals surface area contributed by atoms with Crippen LogP contribution < -0.4 is 5.32 Å². The van der Waals surface area contributed by atoms with Crippen molar-refractivity contribution in [1.82, 2.24) is 10.2 Å². The first-order valence-electron chi connectivity index (χ1n) is 6.42. The number of fused-ring (bicyclic) bond motifs is 1. The average Bonchev–Trinajstić information content (AvgIpc) is 2.92. The van der Waals surface area contributed by atoms with E-state index in [0.29, 0.717) is 16.9 Å². The molecular weight excluding hydrogens is 283 g/mol. The average molecular weight is 301 g/mol. The number of hydrogen-bond donors (Lipinski definition) is 1. The SMILES string of the molecule is Cc1c(Cl)cccc1C(=O)N1C[C@H]2CNC[C@H]2C1.Cl. The van der Waals surface area contributed by atoms with Crippen LogP contribution in [0.4, 0.5) is 0 Å². The van der Waals surface area contributed by atoms with Gasteiger partial charge in [0, 0.05) is 36.8 Å². The number of nitrogens with zero attached hydrogens (tertiary/aromatic N) is 1. The van der Waals surface area contributed by atoms with Crippen molar-refractivity contribution in [2.75, 3.05) is 26.2 Å². The first kappa shape index (κ1) is 14.6. The summed E-state index contributed by atoms with van der Waals surface area (Å²) in [5.41, 5.74) is 1.63. The predicted molar refractivity (Wildman–Crippen MR) is 79.2 cm³/mol. The highest BCUT2D eigenvalue weighted by molar-refractivity contribution is 6.31. The number of hydrogen-bond acceptors (Lipinski definition) is 2. The molecule has 2 heterocycles. The van der Waals surface area contributed by atoms with Crippen molar-refractivity contribution in [3.8, 4) is 0 Å². The second-order valence-corrected chi connectivity index (χ2v) is 5.71. The van der Waals surface area contributed by atoms with E-state index in [9.17, 15) is 4.79 Å². The second kappa shape index (κ2) is 5.70. The van der Waals surface area contributed by atoms with Crippen molar-refractivity contribution in [3.05, 3.63) is 34.3 Å². The predicted octanol–water partition coefficient (Wildman–Crippen LogP) is 2.36. The maximum atomic E-state index is 12.5. The Morgan fingerprint density at radius 1 is 1.32 bits per heavy atom. The minimum atomic E-state index is 0. The zero-order valence-electron chi connectivity index (χ0n) is 10.9. The Balaban J connectivity index is 0.00000133. The molecule has 1 aromatic carbocycles. The Labute approximate surface area is 124 Å². The molecule has 19 heavy (non-hydrogen) atoms. The smallest absolute Gasteiger partial charge is 0.254 e. The zero-order valence-corrected chi connectivity index (χ0v) is 12.4. The third kappa shape index (κ3) is 2.60. The first-order valence-corrected chi connectivity index (χ1v) is 6.79. The molecule has 2 saturated heterocycles. The molecule has 2 atom stereocenters. The number of benzene rings is 1. The number of nitrogens with one attached hydrogen (secondary N) is 1.